The average Bonchev–Trinajstić information content (AvgIpc) is 2.95. The standard InChI is InChI=1S/C17H21FN4O.CH2O2/c1-12-3-4-13(9-14(12)18)10-21-6-5-16-20-15(17(23)19-2)11-22(16)8-7-21;2-1-3/h3-4,9,11H,5-8,10H2,1-2H3,(H,19,23);1H,(H,2,3). The van der Waals surface area contributed by atoms with Crippen LogP contribution in [0.2, 0.25) is 0 Å². The minimum absolute atomic E-state index is 0.152. The number of aromatic nitrogens is 2. The van der Waals surface area contributed by atoms with Gasteiger partial charge in [0.2, 0.25) is 0 Å². The summed E-state index contributed by atoms with van der Waals surface area (Å²) in [6.45, 7) is 4.73. The van der Waals surface area contributed by atoms with E-state index in [0.29, 0.717) is 11.3 Å². The van der Waals surface area contributed by atoms with Gasteiger partial charge in [0.15, 0.2) is 0 Å². The third kappa shape index (κ3) is 4.89. The van der Waals surface area contributed by atoms with Gasteiger partial charge in [-0.1, -0.05) is 12.1 Å². The van der Waals surface area contributed by atoms with Crippen LogP contribution in [0.1, 0.15) is 27.4 Å². The van der Waals surface area contributed by atoms with E-state index in [-0.39, 0.29) is 18.2 Å². The summed E-state index contributed by atoms with van der Waals surface area (Å²) in [6.07, 6.45) is 2.59. The summed E-state index contributed by atoms with van der Waals surface area (Å²) in [6, 6.07) is 5.41. The van der Waals surface area contributed by atoms with Gasteiger partial charge in [0.1, 0.15) is 17.3 Å². The second kappa shape index (κ2) is 9.10. The van der Waals surface area contributed by atoms with Gasteiger partial charge < -0.3 is 15.0 Å². The van der Waals surface area contributed by atoms with Gasteiger partial charge in [-0.2, -0.15) is 0 Å². The maximum absolute atomic E-state index is 13.7. The molecule has 0 unspecified atom stereocenters. The number of fused-ring (bicyclic) bond motifs is 1. The van der Waals surface area contributed by atoms with Crippen LogP contribution in [-0.2, 0) is 24.3 Å². The van der Waals surface area contributed by atoms with Gasteiger partial charge in [0, 0.05) is 45.8 Å². The number of aryl methyl sites for hydroxylation is 1. The molecule has 8 heteroatoms. The number of carbonyl (C=O) groups is 2. The first-order valence-corrected chi connectivity index (χ1v) is 8.31. The molecule has 2 aromatic rings. The van der Waals surface area contributed by atoms with E-state index in [1.807, 2.05) is 22.9 Å². The Balaban J connectivity index is 0.000000758. The Morgan fingerprint density at radius 3 is 2.77 bits per heavy atom. The first kappa shape index (κ1) is 19.6. The second-order valence-electron chi connectivity index (χ2n) is 6.03. The van der Waals surface area contributed by atoms with E-state index in [1.165, 1.54) is 0 Å². The second-order valence-corrected chi connectivity index (χ2v) is 6.03. The smallest absolute Gasteiger partial charge is 0.290 e. The lowest BCUT2D eigenvalue weighted by Gasteiger charge is -2.19. The molecule has 0 saturated carbocycles. The molecule has 26 heavy (non-hydrogen) atoms. The molecule has 1 aromatic heterocycles. The van der Waals surface area contributed by atoms with Crippen LogP contribution in [0.3, 0.4) is 0 Å². The zero-order valence-electron chi connectivity index (χ0n) is 14.9. The molecule has 1 aromatic carbocycles. The van der Waals surface area contributed by atoms with Crippen molar-refractivity contribution in [2.24, 2.45) is 0 Å². The van der Waals surface area contributed by atoms with E-state index < -0.39 is 0 Å². The van der Waals surface area contributed by atoms with Crippen molar-refractivity contribution in [3.8, 4) is 0 Å². The minimum atomic E-state index is -0.250. The number of nitrogens with zero attached hydrogens (tertiary/aromatic N) is 3. The van der Waals surface area contributed by atoms with Crippen LogP contribution in [0.4, 0.5) is 4.39 Å². The molecule has 0 radical (unpaired) electrons. The monoisotopic (exact) mass is 362 g/mol. The quantitative estimate of drug-likeness (QED) is 0.807. The normalized spacial score (nSPS) is 13.8. The number of rotatable bonds is 3. The van der Waals surface area contributed by atoms with Crippen LogP contribution in [0.15, 0.2) is 24.4 Å². The fourth-order valence-corrected chi connectivity index (χ4v) is 2.85. The Hall–Kier alpha value is -2.74. The van der Waals surface area contributed by atoms with Crippen molar-refractivity contribution in [1.82, 2.24) is 19.8 Å². The first-order chi connectivity index (χ1) is 12.5. The molecule has 0 spiro atoms. The minimum Gasteiger partial charge on any atom is -0.483 e. The lowest BCUT2D eigenvalue weighted by atomic mass is 10.1. The third-order valence-corrected chi connectivity index (χ3v) is 4.27. The van der Waals surface area contributed by atoms with Crippen LogP contribution in [-0.4, -0.2) is 52.1 Å². The number of carbonyl (C=O) groups excluding carboxylic acids is 1. The summed E-state index contributed by atoms with van der Waals surface area (Å²) in [5, 5.41) is 9.49. The molecule has 1 aliphatic heterocycles. The summed E-state index contributed by atoms with van der Waals surface area (Å²) in [7, 11) is 1.61. The van der Waals surface area contributed by atoms with E-state index in [1.54, 1.807) is 20.0 Å². The molecular formula is C18H23FN4O3. The number of hydrogen-bond acceptors (Lipinski definition) is 4. The molecule has 3 rings (SSSR count). The van der Waals surface area contributed by atoms with E-state index in [0.717, 1.165) is 44.0 Å². The molecule has 0 aliphatic carbocycles. The first-order valence-electron chi connectivity index (χ1n) is 8.31. The van der Waals surface area contributed by atoms with Crippen molar-refractivity contribution >= 4 is 12.4 Å². The average molecular weight is 362 g/mol. The van der Waals surface area contributed by atoms with Gasteiger partial charge in [-0.15, -0.1) is 0 Å². The number of carboxylic acid groups (broad SMARTS) is 1. The molecule has 2 N–H and O–H groups in total. The number of hydrogen-bond donors (Lipinski definition) is 2. The Kier molecular flexibility index (Phi) is 6.85. The fourth-order valence-electron chi connectivity index (χ4n) is 2.85. The Labute approximate surface area is 151 Å². The van der Waals surface area contributed by atoms with E-state index in [2.05, 4.69) is 15.2 Å². The van der Waals surface area contributed by atoms with Crippen LogP contribution < -0.4 is 5.32 Å². The SMILES string of the molecule is CNC(=O)c1cn2c(n1)CCN(Cc1ccc(C)c(F)c1)CC2.O=CO. The lowest BCUT2D eigenvalue weighted by molar-refractivity contribution is -0.122. The number of amides is 1. The fraction of sp³-hybridized carbons (Fsp3) is 0.389. The highest BCUT2D eigenvalue weighted by Gasteiger charge is 2.18. The largest absolute Gasteiger partial charge is 0.483 e. The molecule has 140 valence electrons. The maximum atomic E-state index is 13.7. The van der Waals surface area contributed by atoms with Gasteiger partial charge in [-0.25, -0.2) is 9.37 Å². The van der Waals surface area contributed by atoms with Gasteiger partial charge in [-0.05, 0) is 24.1 Å². The van der Waals surface area contributed by atoms with Gasteiger partial charge in [-0.3, -0.25) is 14.5 Å². The van der Waals surface area contributed by atoms with E-state index >= 15 is 0 Å². The number of benzene rings is 1. The van der Waals surface area contributed by atoms with Gasteiger partial charge in [0.25, 0.3) is 12.4 Å². The molecule has 2 heterocycles. The van der Waals surface area contributed by atoms with Crippen LogP contribution >= 0.6 is 0 Å². The predicted molar refractivity (Wildman–Crippen MR) is 94.4 cm³/mol. The van der Waals surface area contributed by atoms with Crippen molar-refractivity contribution < 1.29 is 19.1 Å². The highest BCUT2D eigenvalue weighted by molar-refractivity contribution is 5.91. The zero-order chi connectivity index (χ0) is 19.1. The summed E-state index contributed by atoms with van der Waals surface area (Å²) < 4.78 is 15.7. The number of imidazole rings is 1. The number of halogens is 1. The van der Waals surface area contributed by atoms with Crippen molar-refractivity contribution in [2.75, 3.05) is 20.1 Å². The number of nitrogens with one attached hydrogen (secondary N) is 1. The molecule has 0 fully saturated rings. The Morgan fingerprint density at radius 2 is 2.12 bits per heavy atom. The van der Waals surface area contributed by atoms with Crippen LogP contribution in [0.25, 0.3) is 0 Å². The topological polar surface area (TPSA) is 87.5 Å². The molecule has 0 bridgehead atoms. The van der Waals surface area contributed by atoms with E-state index in [4.69, 9.17) is 9.90 Å². The third-order valence-electron chi connectivity index (χ3n) is 4.27. The summed E-state index contributed by atoms with van der Waals surface area (Å²) in [5.41, 5.74) is 2.13. The lowest BCUT2D eigenvalue weighted by Crippen LogP contribution is -2.26. The van der Waals surface area contributed by atoms with Crippen LogP contribution in [0.5, 0.6) is 0 Å². The van der Waals surface area contributed by atoms with Crippen molar-refractivity contribution in [2.45, 2.75) is 26.4 Å². The highest BCUT2D eigenvalue weighted by atomic mass is 19.1. The summed E-state index contributed by atoms with van der Waals surface area (Å²) in [5.74, 6) is 0.624. The predicted octanol–water partition coefficient (Wildman–Crippen LogP) is 1.45. The molecular weight excluding hydrogens is 339 g/mol. The molecule has 0 saturated heterocycles. The molecule has 1 aliphatic rings. The van der Waals surface area contributed by atoms with Crippen molar-refractivity contribution in [3.63, 3.8) is 0 Å². The summed E-state index contributed by atoms with van der Waals surface area (Å²) in [4.78, 5) is 26.7. The van der Waals surface area contributed by atoms with Crippen molar-refractivity contribution in [1.29, 1.82) is 0 Å². The van der Waals surface area contributed by atoms with Gasteiger partial charge >= 0.3 is 0 Å². The Morgan fingerprint density at radius 1 is 1.38 bits per heavy atom. The van der Waals surface area contributed by atoms with Crippen molar-refractivity contribution in [3.05, 3.63) is 52.9 Å². The molecule has 0 atom stereocenters. The Bertz CT molecular complexity index is 750. The van der Waals surface area contributed by atoms with E-state index in [9.17, 15) is 9.18 Å². The highest BCUT2D eigenvalue weighted by Crippen LogP contribution is 2.15. The summed E-state index contributed by atoms with van der Waals surface area (Å²) >= 11 is 0. The molecule has 1 amide bonds. The zero-order valence-corrected chi connectivity index (χ0v) is 14.9. The maximum Gasteiger partial charge on any atom is 0.290 e. The molecule has 7 nitrogen and oxygen atoms in total. The van der Waals surface area contributed by atoms with Crippen LogP contribution in [0, 0.1) is 12.7 Å². The van der Waals surface area contributed by atoms with Gasteiger partial charge in [0.05, 0.1) is 0 Å².